The molecular weight excluding hydrogens is 436 g/mol. The van der Waals surface area contributed by atoms with E-state index in [1.54, 1.807) is 0 Å². The molecular formula is C13H15BrN4O3S3. The van der Waals surface area contributed by atoms with Gasteiger partial charge in [0, 0.05) is 17.3 Å². The number of nitrogens with one attached hydrogen (secondary N) is 1. The highest BCUT2D eigenvalue weighted by Gasteiger charge is 2.16. The van der Waals surface area contributed by atoms with Crippen LogP contribution in [0.15, 0.2) is 33.1 Å². The molecule has 0 aliphatic rings. The molecule has 7 nitrogen and oxygen atoms in total. The lowest BCUT2D eigenvalue weighted by Crippen LogP contribution is -2.34. The number of aromatic nitrogens is 2. The van der Waals surface area contributed by atoms with Gasteiger partial charge in [-0.05, 0) is 17.7 Å². The van der Waals surface area contributed by atoms with E-state index in [1.165, 1.54) is 30.1 Å². The highest BCUT2D eigenvalue weighted by molar-refractivity contribution is 9.10. The van der Waals surface area contributed by atoms with E-state index < -0.39 is 15.9 Å². The molecule has 0 bridgehead atoms. The number of amides is 1. The van der Waals surface area contributed by atoms with E-state index in [9.17, 15) is 13.2 Å². The van der Waals surface area contributed by atoms with Crippen molar-refractivity contribution in [2.45, 2.75) is 10.1 Å². The van der Waals surface area contributed by atoms with Crippen LogP contribution in [-0.2, 0) is 20.6 Å². The molecule has 0 unspecified atom stereocenters. The van der Waals surface area contributed by atoms with E-state index >= 15 is 0 Å². The number of rotatable bonds is 7. The fourth-order valence-electron chi connectivity index (χ4n) is 1.52. The molecule has 0 saturated carbocycles. The molecule has 1 amide bonds. The van der Waals surface area contributed by atoms with Crippen LogP contribution in [-0.4, -0.2) is 48.7 Å². The molecule has 0 saturated heterocycles. The molecule has 0 radical (unpaired) electrons. The Kier molecular flexibility index (Phi) is 6.75. The standard InChI is InChI=1S/C13H15BrN4O3S3/c1-18(24(2,20)21)7-11(19)15-12-16-17-13(23-12)22-8-9-3-5-10(14)6-4-9/h3-6H,7-8H2,1-2H3,(H,15,16,19). The zero-order chi connectivity index (χ0) is 17.7. The summed E-state index contributed by atoms with van der Waals surface area (Å²) in [4.78, 5) is 11.8. The highest BCUT2D eigenvalue weighted by Crippen LogP contribution is 2.28. The maximum absolute atomic E-state index is 11.8. The first kappa shape index (κ1) is 19.3. The number of likely N-dealkylation sites (N-methyl/N-ethyl adjacent to an activating group) is 1. The molecule has 0 spiro atoms. The SMILES string of the molecule is CN(CC(=O)Nc1nnc(SCc2ccc(Br)cc2)s1)S(C)(=O)=O. The maximum Gasteiger partial charge on any atom is 0.241 e. The lowest BCUT2D eigenvalue weighted by molar-refractivity contribution is -0.116. The van der Waals surface area contributed by atoms with Crippen LogP contribution in [0, 0.1) is 0 Å². The first-order chi connectivity index (χ1) is 11.2. The molecule has 11 heteroatoms. The number of hydrogen-bond donors (Lipinski definition) is 1. The zero-order valence-corrected chi connectivity index (χ0v) is 16.9. The highest BCUT2D eigenvalue weighted by atomic mass is 79.9. The fraction of sp³-hybridized carbons (Fsp3) is 0.308. The molecule has 0 aliphatic carbocycles. The van der Waals surface area contributed by atoms with Gasteiger partial charge in [-0.2, -0.15) is 4.31 Å². The molecule has 0 aliphatic heterocycles. The third-order valence-corrected chi connectivity index (χ3v) is 6.69. The molecule has 1 aromatic heterocycles. The summed E-state index contributed by atoms with van der Waals surface area (Å²) < 4.78 is 25.3. The van der Waals surface area contributed by atoms with Crippen molar-refractivity contribution in [3.05, 3.63) is 34.3 Å². The minimum absolute atomic E-state index is 0.264. The first-order valence-electron chi connectivity index (χ1n) is 6.66. The quantitative estimate of drug-likeness (QED) is 0.514. The summed E-state index contributed by atoms with van der Waals surface area (Å²) in [6.45, 7) is -0.264. The van der Waals surface area contributed by atoms with Gasteiger partial charge in [-0.3, -0.25) is 10.1 Å². The number of sulfonamides is 1. The summed E-state index contributed by atoms with van der Waals surface area (Å²) in [6.07, 6.45) is 1.04. The van der Waals surface area contributed by atoms with E-state index in [0.717, 1.165) is 30.7 Å². The van der Waals surface area contributed by atoms with Gasteiger partial charge in [0.2, 0.25) is 21.1 Å². The number of carbonyl (C=O) groups is 1. The first-order valence-corrected chi connectivity index (χ1v) is 11.1. The van der Waals surface area contributed by atoms with Crippen molar-refractivity contribution in [2.24, 2.45) is 0 Å². The van der Waals surface area contributed by atoms with Crippen molar-refractivity contribution < 1.29 is 13.2 Å². The van der Waals surface area contributed by atoms with E-state index in [-0.39, 0.29) is 6.54 Å². The van der Waals surface area contributed by atoms with E-state index in [0.29, 0.717) is 5.13 Å². The van der Waals surface area contributed by atoms with Crippen LogP contribution >= 0.6 is 39.0 Å². The molecule has 0 atom stereocenters. The predicted octanol–water partition coefficient (Wildman–Crippen LogP) is 2.42. The zero-order valence-electron chi connectivity index (χ0n) is 12.9. The summed E-state index contributed by atoms with van der Waals surface area (Å²) in [7, 11) is -2.05. The van der Waals surface area contributed by atoms with Gasteiger partial charge in [0.1, 0.15) is 0 Å². The van der Waals surface area contributed by atoms with Crippen LogP contribution in [0.3, 0.4) is 0 Å². The van der Waals surface area contributed by atoms with E-state index in [1.807, 2.05) is 24.3 Å². The predicted molar refractivity (Wildman–Crippen MR) is 99.7 cm³/mol. The van der Waals surface area contributed by atoms with Crippen molar-refractivity contribution in [3.63, 3.8) is 0 Å². The van der Waals surface area contributed by atoms with Gasteiger partial charge in [0.05, 0.1) is 12.8 Å². The van der Waals surface area contributed by atoms with Crippen LogP contribution in [0.2, 0.25) is 0 Å². The van der Waals surface area contributed by atoms with Gasteiger partial charge < -0.3 is 0 Å². The lowest BCUT2D eigenvalue weighted by Gasteiger charge is -2.12. The molecule has 2 rings (SSSR count). The number of benzene rings is 1. The number of thioether (sulfide) groups is 1. The molecule has 2 aromatic rings. The average Bonchev–Trinajstić information content (AvgIpc) is 2.93. The van der Waals surface area contributed by atoms with Crippen molar-refractivity contribution >= 4 is 60.1 Å². The number of nitrogens with zero attached hydrogens (tertiary/aromatic N) is 3. The Morgan fingerprint density at radius 1 is 1.33 bits per heavy atom. The van der Waals surface area contributed by atoms with E-state index in [2.05, 4.69) is 31.4 Å². The monoisotopic (exact) mass is 450 g/mol. The fourth-order valence-corrected chi connectivity index (χ4v) is 3.86. The third kappa shape index (κ3) is 6.13. The summed E-state index contributed by atoms with van der Waals surface area (Å²) in [5.74, 6) is 0.288. The molecule has 1 N–H and O–H groups in total. The number of hydrogen-bond acceptors (Lipinski definition) is 7. The molecule has 24 heavy (non-hydrogen) atoms. The van der Waals surface area contributed by atoms with Crippen LogP contribution < -0.4 is 5.32 Å². The summed E-state index contributed by atoms with van der Waals surface area (Å²) in [5.41, 5.74) is 1.15. The minimum Gasteiger partial charge on any atom is -0.299 e. The van der Waals surface area contributed by atoms with Gasteiger partial charge in [-0.15, -0.1) is 10.2 Å². The molecule has 1 heterocycles. The van der Waals surface area contributed by atoms with Gasteiger partial charge in [-0.1, -0.05) is 51.2 Å². The van der Waals surface area contributed by atoms with Gasteiger partial charge in [0.15, 0.2) is 4.34 Å². The van der Waals surface area contributed by atoms with Crippen LogP contribution in [0.5, 0.6) is 0 Å². The Labute approximate surface area is 157 Å². The van der Waals surface area contributed by atoms with Gasteiger partial charge in [0.25, 0.3) is 0 Å². The second-order valence-electron chi connectivity index (χ2n) is 4.86. The Bertz CT molecular complexity index is 808. The van der Waals surface area contributed by atoms with Gasteiger partial charge in [-0.25, -0.2) is 8.42 Å². The lowest BCUT2D eigenvalue weighted by atomic mass is 10.2. The Morgan fingerprint density at radius 2 is 2.00 bits per heavy atom. The normalized spacial score (nSPS) is 11.7. The number of halogens is 1. The van der Waals surface area contributed by atoms with Crippen molar-refractivity contribution in [3.8, 4) is 0 Å². The largest absolute Gasteiger partial charge is 0.299 e. The second kappa shape index (κ2) is 8.39. The molecule has 130 valence electrons. The number of anilines is 1. The average molecular weight is 451 g/mol. The van der Waals surface area contributed by atoms with Crippen molar-refractivity contribution in [2.75, 3.05) is 25.2 Å². The number of carbonyl (C=O) groups excluding carboxylic acids is 1. The van der Waals surface area contributed by atoms with Gasteiger partial charge >= 0.3 is 0 Å². The summed E-state index contributed by atoms with van der Waals surface area (Å²) in [6, 6.07) is 7.98. The van der Waals surface area contributed by atoms with Crippen LogP contribution in [0.4, 0.5) is 5.13 Å². The maximum atomic E-state index is 11.8. The Balaban J connectivity index is 1.86. The second-order valence-corrected chi connectivity index (χ2v) is 10.1. The minimum atomic E-state index is -3.39. The Morgan fingerprint density at radius 3 is 2.62 bits per heavy atom. The molecule has 1 aromatic carbocycles. The smallest absolute Gasteiger partial charge is 0.241 e. The van der Waals surface area contributed by atoms with Crippen molar-refractivity contribution in [1.29, 1.82) is 0 Å². The summed E-state index contributed by atoms with van der Waals surface area (Å²) in [5, 5.41) is 10.8. The topological polar surface area (TPSA) is 92.3 Å². The Hall–Kier alpha value is -1.01. The van der Waals surface area contributed by atoms with Crippen molar-refractivity contribution in [1.82, 2.24) is 14.5 Å². The van der Waals surface area contributed by atoms with Crippen LogP contribution in [0.25, 0.3) is 0 Å². The van der Waals surface area contributed by atoms with E-state index in [4.69, 9.17) is 0 Å². The summed E-state index contributed by atoms with van der Waals surface area (Å²) >= 11 is 6.16. The third-order valence-electron chi connectivity index (χ3n) is 2.86. The molecule has 0 fully saturated rings. The van der Waals surface area contributed by atoms with Crippen LogP contribution in [0.1, 0.15) is 5.56 Å².